The summed E-state index contributed by atoms with van der Waals surface area (Å²) in [6.07, 6.45) is 0. The molecule has 0 aliphatic heterocycles. The summed E-state index contributed by atoms with van der Waals surface area (Å²) in [6.45, 7) is 2.63. The van der Waals surface area contributed by atoms with Gasteiger partial charge in [0.05, 0.1) is 6.61 Å². The van der Waals surface area contributed by atoms with Crippen molar-refractivity contribution < 1.29 is 14.6 Å². The Morgan fingerprint density at radius 1 is 1.04 bits per heavy atom. The van der Waals surface area contributed by atoms with Crippen molar-refractivity contribution >= 4 is 16.7 Å². The molecule has 0 saturated carbocycles. The summed E-state index contributed by atoms with van der Waals surface area (Å²) in [6, 6.07) is 19.8. The smallest absolute Gasteiger partial charge is 0.260 e. The highest BCUT2D eigenvalue weighted by Gasteiger charge is 2.09. The van der Waals surface area contributed by atoms with Crippen molar-refractivity contribution in [2.24, 2.45) is 0 Å². The van der Waals surface area contributed by atoms with E-state index in [9.17, 15) is 9.90 Å². The number of fused-ring (bicyclic) bond motifs is 1. The van der Waals surface area contributed by atoms with E-state index in [0.717, 1.165) is 27.5 Å². The van der Waals surface area contributed by atoms with E-state index in [2.05, 4.69) is 18.2 Å². The third-order valence-electron chi connectivity index (χ3n) is 4.57. The number of ether oxygens (including phenoxy) is 1. The van der Waals surface area contributed by atoms with E-state index < -0.39 is 0 Å². The van der Waals surface area contributed by atoms with Crippen LogP contribution in [0, 0.1) is 0 Å². The molecule has 0 fully saturated rings. The number of hydrogen-bond acceptors (Lipinski definition) is 3. The van der Waals surface area contributed by atoms with Crippen molar-refractivity contribution in [1.29, 1.82) is 0 Å². The number of carbonyl (C=O) groups excluding carboxylic acids is 1. The maximum absolute atomic E-state index is 11.9. The number of carbonyl (C=O) groups is 1. The number of hydrogen-bond donors (Lipinski definition) is 1. The maximum atomic E-state index is 11.9. The Labute approximate surface area is 153 Å². The zero-order valence-electron chi connectivity index (χ0n) is 15.1. The molecular formula is C22H23NO3. The van der Waals surface area contributed by atoms with Gasteiger partial charge in [0.15, 0.2) is 6.61 Å². The number of rotatable bonds is 6. The highest BCUT2D eigenvalue weighted by molar-refractivity contribution is 5.89. The average molecular weight is 349 g/mol. The molecule has 1 N–H and O–H groups in total. The molecule has 0 atom stereocenters. The Morgan fingerprint density at radius 3 is 2.58 bits per heavy atom. The molecule has 1 amide bonds. The van der Waals surface area contributed by atoms with Crippen LogP contribution in [0.15, 0.2) is 60.7 Å². The maximum Gasteiger partial charge on any atom is 0.260 e. The van der Waals surface area contributed by atoms with Crippen LogP contribution in [0.5, 0.6) is 5.75 Å². The van der Waals surface area contributed by atoms with E-state index in [-0.39, 0.29) is 19.1 Å². The third-order valence-corrected chi connectivity index (χ3v) is 4.57. The van der Waals surface area contributed by atoms with Crippen LogP contribution >= 0.6 is 0 Å². The molecule has 134 valence electrons. The molecule has 0 unspecified atom stereocenters. The minimum atomic E-state index is -0.0433. The SMILES string of the molecule is CCN(C)C(=O)COc1ccc2ccc(-c3ccccc3CO)cc2c1. The molecule has 3 rings (SSSR count). The van der Waals surface area contributed by atoms with E-state index in [1.807, 2.05) is 49.4 Å². The summed E-state index contributed by atoms with van der Waals surface area (Å²) in [5.74, 6) is 0.626. The van der Waals surface area contributed by atoms with Gasteiger partial charge in [-0.3, -0.25) is 4.79 Å². The van der Waals surface area contributed by atoms with Crippen molar-refractivity contribution in [3.8, 4) is 16.9 Å². The quantitative estimate of drug-likeness (QED) is 0.735. The van der Waals surface area contributed by atoms with E-state index in [1.165, 1.54) is 0 Å². The summed E-state index contributed by atoms with van der Waals surface area (Å²) >= 11 is 0. The van der Waals surface area contributed by atoms with Crippen LogP contribution in [-0.2, 0) is 11.4 Å². The van der Waals surface area contributed by atoms with Gasteiger partial charge in [0.25, 0.3) is 5.91 Å². The summed E-state index contributed by atoms with van der Waals surface area (Å²) < 4.78 is 5.66. The summed E-state index contributed by atoms with van der Waals surface area (Å²) in [5.41, 5.74) is 2.96. The molecule has 26 heavy (non-hydrogen) atoms. The number of amides is 1. The second-order valence-corrected chi connectivity index (χ2v) is 6.24. The lowest BCUT2D eigenvalue weighted by Crippen LogP contribution is -2.31. The molecular weight excluding hydrogens is 326 g/mol. The topological polar surface area (TPSA) is 49.8 Å². The van der Waals surface area contributed by atoms with Gasteiger partial charge in [-0.15, -0.1) is 0 Å². The van der Waals surface area contributed by atoms with Gasteiger partial charge in [-0.25, -0.2) is 0 Å². The van der Waals surface area contributed by atoms with E-state index in [0.29, 0.717) is 12.3 Å². The highest BCUT2D eigenvalue weighted by Crippen LogP contribution is 2.29. The fraction of sp³-hybridized carbons (Fsp3) is 0.227. The highest BCUT2D eigenvalue weighted by atomic mass is 16.5. The number of benzene rings is 3. The van der Waals surface area contributed by atoms with Crippen molar-refractivity contribution in [3.05, 3.63) is 66.2 Å². The molecule has 0 radical (unpaired) electrons. The molecule has 4 heteroatoms. The van der Waals surface area contributed by atoms with E-state index in [1.54, 1.807) is 11.9 Å². The standard InChI is InChI=1S/C22H23NO3/c1-3-23(2)22(25)15-26-20-11-10-16-8-9-17(12-19(16)13-20)21-7-5-4-6-18(21)14-24/h4-13,24H,3,14-15H2,1-2H3. The van der Waals surface area contributed by atoms with Crippen molar-refractivity contribution in [2.75, 3.05) is 20.2 Å². The fourth-order valence-electron chi connectivity index (χ4n) is 2.85. The number of likely N-dealkylation sites (N-methyl/N-ethyl adjacent to an activating group) is 1. The average Bonchev–Trinajstić information content (AvgIpc) is 2.70. The summed E-state index contributed by atoms with van der Waals surface area (Å²) in [4.78, 5) is 13.5. The molecule has 0 heterocycles. The first kappa shape index (κ1) is 18.0. The Kier molecular flexibility index (Phi) is 5.54. The van der Waals surface area contributed by atoms with Gasteiger partial charge >= 0.3 is 0 Å². The van der Waals surface area contributed by atoms with Gasteiger partial charge in [-0.05, 0) is 52.6 Å². The van der Waals surface area contributed by atoms with Crippen molar-refractivity contribution in [1.82, 2.24) is 4.90 Å². The van der Waals surface area contributed by atoms with Gasteiger partial charge in [0, 0.05) is 13.6 Å². The molecule has 3 aromatic rings. The molecule has 0 aromatic heterocycles. The van der Waals surface area contributed by atoms with Crippen LogP contribution in [0.2, 0.25) is 0 Å². The van der Waals surface area contributed by atoms with Crippen molar-refractivity contribution in [2.45, 2.75) is 13.5 Å². The van der Waals surface area contributed by atoms with Crippen LogP contribution in [0.25, 0.3) is 21.9 Å². The first-order chi connectivity index (χ1) is 12.6. The molecule has 0 saturated heterocycles. The normalized spacial score (nSPS) is 10.7. The summed E-state index contributed by atoms with van der Waals surface area (Å²) in [7, 11) is 1.76. The predicted octanol–water partition coefficient (Wildman–Crippen LogP) is 3.86. The number of nitrogens with zero attached hydrogens (tertiary/aromatic N) is 1. The molecule has 0 aliphatic carbocycles. The summed E-state index contributed by atoms with van der Waals surface area (Å²) in [5, 5.41) is 11.7. The number of aliphatic hydroxyl groups is 1. The van der Waals surface area contributed by atoms with Gasteiger partial charge in [0.1, 0.15) is 5.75 Å². The number of aliphatic hydroxyl groups excluding tert-OH is 1. The van der Waals surface area contributed by atoms with Crippen LogP contribution < -0.4 is 4.74 Å². The predicted molar refractivity (Wildman–Crippen MR) is 104 cm³/mol. The first-order valence-electron chi connectivity index (χ1n) is 8.72. The van der Waals surface area contributed by atoms with Crippen molar-refractivity contribution in [3.63, 3.8) is 0 Å². The molecule has 0 spiro atoms. The zero-order chi connectivity index (χ0) is 18.5. The fourth-order valence-corrected chi connectivity index (χ4v) is 2.85. The Hall–Kier alpha value is -2.85. The Balaban J connectivity index is 1.88. The van der Waals surface area contributed by atoms with Crippen LogP contribution in [-0.4, -0.2) is 36.1 Å². The van der Waals surface area contributed by atoms with Gasteiger partial charge in [-0.1, -0.05) is 42.5 Å². The van der Waals surface area contributed by atoms with E-state index in [4.69, 9.17) is 4.74 Å². The first-order valence-corrected chi connectivity index (χ1v) is 8.72. The van der Waals surface area contributed by atoms with Crippen LogP contribution in [0.1, 0.15) is 12.5 Å². The van der Waals surface area contributed by atoms with Crippen LogP contribution in [0.4, 0.5) is 0 Å². The molecule has 0 bridgehead atoms. The lowest BCUT2D eigenvalue weighted by Gasteiger charge is -2.15. The molecule has 3 aromatic carbocycles. The van der Waals surface area contributed by atoms with Gasteiger partial charge in [0.2, 0.25) is 0 Å². The largest absolute Gasteiger partial charge is 0.484 e. The van der Waals surface area contributed by atoms with Crippen LogP contribution in [0.3, 0.4) is 0 Å². The lowest BCUT2D eigenvalue weighted by molar-refractivity contribution is -0.131. The minimum Gasteiger partial charge on any atom is -0.484 e. The second-order valence-electron chi connectivity index (χ2n) is 6.24. The van der Waals surface area contributed by atoms with Gasteiger partial charge < -0.3 is 14.7 Å². The van der Waals surface area contributed by atoms with Gasteiger partial charge in [-0.2, -0.15) is 0 Å². The molecule has 0 aliphatic rings. The lowest BCUT2D eigenvalue weighted by atomic mass is 9.97. The Morgan fingerprint density at radius 2 is 1.81 bits per heavy atom. The second kappa shape index (κ2) is 8.02. The monoisotopic (exact) mass is 349 g/mol. The third kappa shape index (κ3) is 3.86. The Bertz CT molecular complexity index is 920. The molecule has 4 nitrogen and oxygen atoms in total. The zero-order valence-corrected chi connectivity index (χ0v) is 15.1. The minimum absolute atomic E-state index is 0.00438. The van der Waals surface area contributed by atoms with E-state index >= 15 is 0 Å².